The van der Waals surface area contributed by atoms with Gasteiger partial charge in [0, 0.05) is 17.1 Å². The molecule has 0 aromatic heterocycles. The maximum absolute atomic E-state index is 5.53. The van der Waals surface area contributed by atoms with Gasteiger partial charge in [0.1, 0.15) is 5.75 Å². The van der Waals surface area contributed by atoms with Crippen molar-refractivity contribution < 1.29 is 4.74 Å². The van der Waals surface area contributed by atoms with E-state index in [9.17, 15) is 0 Å². The highest BCUT2D eigenvalue weighted by Gasteiger charge is 2.46. The summed E-state index contributed by atoms with van der Waals surface area (Å²) in [5.74, 6) is 0.929. The van der Waals surface area contributed by atoms with E-state index in [1.807, 2.05) is 6.07 Å². The van der Waals surface area contributed by atoms with Crippen molar-refractivity contribution >= 4 is 5.69 Å². The minimum atomic E-state index is -0.0340. The molecule has 1 N–H and O–H groups in total. The average molecular weight is 338 g/mol. The smallest absolute Gasteiger partial charge is 0.119 e. The number of hydrogen-bond donors (Lipinski definition) is 1. The van der Waals surface area contributed by atoms with Crippen molar-refractivity contribution in [1.29, 1.82) is 0 Å². The molecule has 3 heteroatoms. The van der Waals surface area contributed by atoms with Gasteiger partial charge in [-0.2, -0.15) is 0 Å². The Bertz CT molecular complexity index is 696. The SMILES string of the molecule is CCN(CC)CCC1(c2ccccc2)c2cc(OC)ccc2NC1C. The van der Waals surface area contributed by atoms with Gasteiger partial charge in [-0.1, -0.05) is 44.2 Å². The zero-order chi connectivity index (χ0) is 17.9. The number of nitrogens with zero attached hydrogens (tertiary/aromatic N) is 1. The number of anilines is 1. The van der Waals surface area contributed by atoms with Crippen molar-refractivity contribution in [2.24, 2.45) is 0 Å². The first-order valence-corrected chi connectivity index (χ1v) is 9.38. The zero-order valence-electron chi connectivity index (χ0n) is 15.9. The van der Waals surface area contributed by atoms with Crippen LogP contribution in [0.3, 0.4) is 0 Å². The molecule has 2 atom stereocenters. The molecular formula is C22H30N2O. The summed E-state index contributed by atoms with van der Waals surface area (Å²) in [6, 6.07) is 17.7. The summed E-state index contributed by atoms with van der Waals surface area (Å²) < 4.78 is 5.53. The summed E-state index contributed by atoms with van der Waals surface area (Å²) >= 11 is 0. The monoisotopic (exact) mass is 338 g/mol. The first kappa shape index (κ1) is 17.8. The van der Waals surface area contributed by atoms with Crippen LogP contribution >= 0.6 is 0 Å². The van der Waals surface area contributed by atoms with E-state index in [4.69, 9.17) is 4.74 Å². The third-order valence-corrected chi connectivity index (χ3v) is 5.82. The van der Waals surface area contributed by atoms with Crippen molar-refractivity contribution in [3.63, 3.8) is 0 Å². The van der Waals surface area contributed by atoms with Crippen LogP contribution in [0.1, 0.15) is 38.3 Å². The van der Waals surface area contributed by atoms with Crippen LogP contribution < -0.4 is 10.1 Å². The number of rotatable bonds is 7. The van der Waals surface area contributed by atoms with Gasteiger partial charge in [0.05, 0.1) is 7.11 Å². The molecule has 0 saturated carbocycles. The molecule has 0 fully saturated rings. The maximum Gasteiger partial charge on any atom is 0.119 e. The zero-order valence-corrected chi connectivity index (χ0v) is 15.9. The van der Waals surface area contributed by atoms with E-state index in [-0.39, 0.29) is 5.41 Å². The van der Waals surface area contributed by atoms with Gasteiger partial charge in [-0.15, -0.1) is 0 Å². The molecule has 1 heterocycles. The summed E-state index contributed by atoms with van der Waals surface area (Å²) in [5, 5.41) is 3.72. The van der Waals surface area contributed by atoms with Gasteiger partial charge < -0.3 is 15.0 Å². The molecule has 0 amide bonds. The second-order valence-electron chi connectivity index (χ2n) is 6.89. The Hall–Kier alpha value is -2.00. The molecule has 1 aliphatic rings. The largest absolute Gasteiger partial charge is 0.497 e. The normalized spacial score (nSPS) is 21.9. The Morgan fingerprint density at radius 1 is 1.08 bits per heavy atom. The lowest BCUT2D eigenvalue weighted by molar-refractivity contribution is 0.267. The van der Waals surface area contributed by atoms with E-state index in [0.29, 0.717) is 6.04 Å². The van der Waals surface area contributed by atoms with Gasteiger partial charge >= 0.3 is 0 Å². The summed E-state index contributed by atoms with van der Waals surface area (Å²) in [4.78, 5) is 2.51. The Balaban J connectivity index is 2.09. The number of nitrogens with one attached hydrogen (secondary N) is 1. The molecule has 25 heavy (non-hydrogen) atoms. The molecule has 1 aliphatic heterocycles. The second kappa shape index (κ2) is 7.49. The lowest BCUT2D eigenvalue weighted by Gasteiger charge is -2.37. The summed E-state index contributed by atoms with van der Waals surface area (Å²) in [5.41, 5.74) is 3.94. The first-order valence-electron chi connectivity index (χ1n) is 9.38. The van der Waals surface area contributed by atoms with Gasteiger partial charge in [0.25, 0.3) is 0 Å². The molecule has 3 nitrogen and oxygen atoms in total. The minimum absolute atomic E-state index is 0.0340. The number of benzene rings is 2. The third kappa shape index (κ3) is 3.13. The Morgan fingerprint density at radius 3 is 2.44 bits per heavy atom. The number of hydrogen-bond acceptors (Lipinski definition) is 3. The van der Waals surface area contributed by atoms with E-state index in [1.54, 1.807) is 7.11 Å². The van der Waals surface area contributed by atoms with Crippen molar-refractivity contribution in [1.82, 2.24) is 4.90 Å². The van der Waals surface area contributed by atoms with Gasteiger partial charge in [-0.3, -0.25) is 0 Å². The van der Waals surface area contributed by atoms with E-state index < -0.39 is 0 Å². The third-order valence-electron chi connectivity index (χ3n) is 5.82. The van der Waals surface area contributed by atoms with Gasteiger partial charge in [0.15, 0.2) is 0 Å². The average Bonchev–Trinajstić information content (AvgIpc) is 2.95. The fourth-order valence-electron chi connectivity index (χ4n) is 4.25. The van der Waals surface area contributed by atoms with Gasteiger partial charge in [-0.05, 0) is 62.3 Å². The van der Waals surface area contributed by atoms with Crippen LogP contribution in [0.5, 0.6) is 5.75 Å². The molecule has 0 aliphatic carbocycles. The molecule has 0 radical (unpaired) electrons. The molecule has 0 spiro atoms. The number of methoxy groups -OCH3 is 1. The van der Waals surface area contributed by atoms with E-state index in [0.717, 1.165) is 31.8 Å². The highest BCUT2D eigenvalue weighted by molar-refractivity contribution is 5.67. The summed E-state index contributed by atoms with van der Waals surface area (Å²) in [6.07, 6.45) is 1.09. The van der Waals surface area contributed by atoms with Crippen LogP contribution in [-0.4, -0.2) is 37.7 Å². The summed E-state index contributed by atoms with van der Waals surface area (Å²) in [6.45, 7) is 10.1. The van der Waals surface area contributed by atoms with E-state index >= 15 is 0 Å². The topological polar surface area (TPSA) is 24.5 Å². The van der Waals surface area contributed by atoms with Crippen molar-refractivity contribution in [2.75, 3.05) is 32.1 Å². The van der Waals surface area contributed by atoms with Gasteiger partial charge in [0.2, 0.25) is 0 Å². The lowest BCUT2D eigenvalue weighted by Crippen LogP contribution is -2.41. The fraction of sp³-hybridized carbons (Fsp3) is 0.455. The maximum atomic E-state index is 5.53. The predicted molar refractivity (Wildman–Crippen MR) is 106 cm³/mol. The Labute approximate surface area is 152 Å². The highest BCUT2D eigenvalue weighted by Crippen LogP contribution is 2.49. The quantitative estimate of drug-likeness (QED) is 0.803. The van der Waals surface area contributed by atoms with E-state index in [2.05, 4.69) is 73.5 Å². The van der Waals surface area contributed by atoms with Crippen LogP contribution in [0.15, 0.2) is 48.5 Å². The molecule has 134 valence electrons. The predicted octanol–water partition coefficient (Wildman–Crippen LogP) is 4.53. The number of ether oxygens (including phenoxy) is 1. The van der Waals surface area contributed by atoms with Crippen LogP contribution in [0, 0.1) is 0 Å². The van der Waals surface area contributed by atoms with Crippen molar-refractivity contribution in [3.8, 4) is 5.75 Å². The molecule has 0 saturated heterocycles. The van der Waals surface area contributed by atoms with Crippen LogP contribution in [-0.2, 0) is 5.41 Å². The second-order valence-corrected chi connectivity index (χ2v) is 6.89. The molecule has 2 aromatic carbocycles. The highest BCUT2D eigenvalue weighted by atomic mass is 16.5. The Morgan fingerprint density at radius 2 is 1.80 bits per heavy atom. The summed E-state index contributed by atoms with van der Waals surface area (Å²) in [7, 11) is 1.74. The Kier molecular flexibility index (Phi) is 5.33. The standard InChI is InChI=1S/C22H30N2O/c1-5-24(6-2)15-14-22(18-10-8-7-9-11-18)17(3)23-21-13-12-19(25-4)16-20(21)22/h7-13,16-17,23H,5-6,14-15H2,1-4H3. The van der Waals surface area contributed by atoms with E-state index in [1.165, 1.54) is 16.8 Å². The van der Waals surface area contributed by atoms with Crippen molar-refractivity contribution in [2.45, 2.75) is 38.6 Å². The molecular weight excluding hydrogens is 308 g/mol. The molecule has 2 aromatic rings. The molecule has 3 rings (SSSR count). The minimum Gasteiger partial charge on any atom is -0.497 e. The first-order chi connectivity index (χ1) is 12.2. The van der Waals surface area contributed by atoms with Gasteiger partial charge in [-0.25, -0.2) is 0 Å². The molecule has 0 bridgehead atoms. The molecule has 2 unspecified atom stereocenters. The van der Waals surface area contributed by atoms with Crippen LogP contribution in [0.25, 0.3) is 0 Å². The number of fused-ring (bicyclic) bond motifs is 1. The van der Waals surface area contributed by atoms with Crippen LogP contribution in [0.2, 0.25) is 0 Å². The fourth-order valence-corrected chi connectivity index (χ4v) is 4.25. The van der Waals surface area contributed by atoms with Crippen LogP contribution in [0.4, 0.5) is 5.69 Å². The van der Waals surface area contributed by atoms with Crippen molar-refractivity contribution in [3.05, 3.63) is 59.7 Å². The lowest BCUT2D eigenvalue weighted by atomic mass is 9.69.